The molecule has 0 aliphatic heterocycles. The molecule has 2 aromatic rings. The number of amides is 2. The first-order chi connectivity index (χ1) is 11.7. The Morgan fingerprint density at radius 3 is 2.32 bits per heavy atom. The van der Waals surface area contributed by atoms with E-state index in [-0.39, 0.29) is 23.9 Å². The lowest BCUT2D eigenvalue weighted by Gasteiger charge is -2.20. The molecule has 5 nitrogen and oxygen atoms in total. The van der Waals surface area contributed by atoms with Crippen molar-refractivity contribution in [2.24, 2.45) is 0 Å². The van der Waals surface area contributed by atoms with Crippen LogP contribution in [0.25, 0.3) is 0 Å². The Hall–Kier alpha value is -2.82. The highest BCUT2D eigenvalue weighted by Gasteiger charge is 2.15. The first-order valence-electron chi connectivity index (χ1n) is 8.26. The van der Waals surface area contributed by atoms with E-state index in [1.807, 2.05) is 58.0 Å². The van der Waals surface area contributed by atoms with Crippen molar-refractivity contribution in [3.63, 3.8) is 0 Å². The molecule has 0 heterocycles. The van der Waals surface area contributed by atoms with E-state index in [9.17, 15) is 9.59 Å². The van der Waals surface area contributed by atoms with Gasteiger partial charge in [-0.25, -0.2) is 0 Å². The Labute approximate surface area is 148 Å². The first-order valence-corrected chi connectivity index (χ1v) is 8.26. The van der Waals surface area contributed by atoms with E-state index in [0.717, 1.165) is 16.9 Å². The van der Waals surface area contributed by atoms with Gasteiger partial charge in [0.1, 0.15) is 0 Å². The highest BCUT2D eigenvalue weighted by Crippen LogP contribution is 2.13. The smallest absolute Gasteiger partial charge is 0.251 e. The van der Waals surface area contributed by atoms with Crippen LogP contribution in [-0.4, -0.2) is 23.9 Å². The van der Waals surface area contributed by atoms with Crippen LogP contribution in [0.1, 0.15) is 36.7 Å². The maximum Gasteiger partial charge on any atom is 0.251 e. The second-order valence-corrected chi connectivity index (χ2v) is 7.06. The number of aryl methyl sites for hydroxylation is 1. The van der Waals surface area contributed by atoms with Crippen LogP contribution in [0.5, 0.6) is 0 Å². The van der Waals surface area contributed by atoms with Gasteiger partial charge in [0.05, 0.1) is 6.54 Å². The molecule has 0 aliphatic carbocycles. The summed E-state index contributed by atoms with van der Waals surface area (Å²) in [6.45, 7) is 7.90. The second kappa shape index (κ2) is 7.83. The Kier molecular flexibility index (Phi) is 5.80. The van der Waals surface area contributed by atoms with Gasteiger partial charge in [-0.05, 0) is 63.6 Å². The van der Waals surface area contributed by atoms with Crippen molar-refractivity contribution in [1.82, 2.24) is 5.32 Å². The van der Waals surface area contributed by atoms with Crippen molar-refractivity contribution in [1.29, 1.82) is 0 Å². The van der Waals surface area contributed by atoms with Gasteiger partial charge in [-0.1, -0.05) is 18.2 Å². The van der Waals surface area contributed by atoms with Gasteiger partial charge in [0.15, 0.2) is 0 Å². The summed E-state index contributed by atoms with van der Waals surface area (Å²) in [5.74, 6) is -0.282. The molecule has 0 unspecified atom stereocenters. The van der Waals surface area contributed by atoms with Gasteiger partial charge in [-0.2, -0.15) is 0 Å². The molecule has 2 amide bonds. The van der Waals surface area contributed by atoms with Gasteiger partial charge in [-0.15, -0.1) is 0 Å². The fourth-order valence-corrected chi connectivity index (χ4v) is 2.29. The predicted molar refractivity (Wildman–Crippen MR) is 102 cm³/mol. The van der Waals surface area contributed by atoms with Gasteiger partial charge >= 0.3 is 0 Å². The summed E-state index contributed by atoms with van der Waals surface area (Å²) in [6.07, 6.45) is 0. The molecule has 3 N–H and O–H groups in total. The molecule has 0 saturated heterocycles. The Morgan fingerprint density at radius 2 is 1.64 bits per heavy atom. The Morgan fingerprint density at radius 1 is 0.960 bits per heavy atom. The maximum absolute atomic E-state index is 12.2. The molecule has 0 bridgehead atoms. The van der Waals surface area contributed by atoms with Crippen LogP contribution in [0.4, 0.5) is 11.4 Å². The minimum atomic E-state index is -0.297. The zero-order valence-corrected chi connectivity index (χ0v) is 15.1. The minimum absolute atomic E-state index is 0.123. The number of carbonyl (C=O) groups excluding carboxylic acids is 2. The van der Waals surface area contributed by atoms with E-state index in [0.29, 0.717) is 5.56 Å². The third-order valence-electron chi connectivity index (χ3n) is 3.37. The van der Waals surface area contributed by atoms with Crippen LogP contribution in [0.3, 0.4) is 0 Å². The van der Waals surface area contributed by atoms with E-state index in [2.05, 4.69) is 16.0 Å². The molecule has 25 heavy (non-hydrogen) atoms. The second-order valence-electron chi connectivity index (χ2n) is 7.06. The predicted octanol–water partition coefficient (Wildman–Crippen LogP) is 3.57. The molecule has 0 spiro atoms. The SMILES string of the molecule is Cc1cccc(NC(=O)CNc2cccc(C(=O)NC(C)(C)C)c2)c1. The Bertz CT molecular complexity index is 764. The van der Waals surface area contributed by atoms with Crippen molar-refractivity contribution >= 4 is 23.2 Å². The average Bonchev–Trinajstić information content (AvgIpc) is 2.52. The fraction of sp³-hybridized carbons (Fsp3) is 0.300. The summed E-state index contributed by atoms with van der Waals surface area (Å²) < 4.78 is 0. The molecule has 0 fully saturated rings. The standard InChI is InChI=1S/C20H25N3O2/c1-14-7-5-10-17(11-14)22-18(24)13-21-16-9-6-8-15(12-16)19(25)23-20(2,3)4/h5-12,21H,13H2,1-4H3,(H,22,24)(H,23,25). The van der Waals surface area contributed by atoms with E-state index < -0.39 is 0 Å². The molecule has 0 radical (unpaired) electrons. The summed E-state index contributed by atoms with van der Waals surface area (Å²) >= 11 is 0. The highest BCUT2D eigenvalue weighted by molar-refractivity contribution is 5.96. The molecule has 0 aromatic heterocycles. The van der Waals surface area contributed by atoms with Gasteiger partial charge in [-0.3, -0.25) is 9.59 Å². The quantitative estimate of drug-likeness (QED) is 0.780. The number of nitrogens with one attached hydrogen (secondary N) is 3. The number of benzene rings is 2. The fourth-order valence-electron chi connectivity index (χ4n) is 2.29. The van der Waals surface area contributed by atoms with Crippen LogP contribution in [0.2, 0.25) is 0 Å². The number of hydrogen-bond donors (Lipinski definition) is 3. The lowest BCUT2D eigenvalue weighted by Crippen LogP contribution is -2.40. The third-order valence-corrected chi connectivity index (χ3v) is 3.37. The van der Waals surface area contributed by atoms with Crippen LogP contribution >= 0.6 is 0 Å². The summed E-state index contributed by atoms with van der Waals surface area (Å²) in [5.41, 5.74) is 2.84. The summed E-state index contributed by atoms with van der Waals surface area (Å²) in [6, 6.07) is 14.7. The van der Waals surface area contributed by atoms with Crippen molar-refractivity contribution in [3.05, 3.63) is 59.7 Å². The molecule has 2 rings (SSSR count). The molecule has 0 saturated carbocycles. The highest BCUT2D eigenvalue weighted by atomic mass is 16.2. The van der Waals surface area contributed by atoms with E-state index in [4.69, 9.17) is 0 Å². The van der Waals surface area contributed by atoms with Gasteiger partial charge in [0.25, 0.3) is 5.91 Å². The van der Waals surface area contributed by atoms with Crippen LogP contribution < -0.4 is 16.0 Å². The van der Waals surface area contributed by atoms with E-state index in [1.54, 1.807) is 18.2 Å². The lowest BCUT2D eigenvalue weighted by atomic mass is 10.1. The molecule has 0 atom stereocenters. The molecule has 5 heteroatoms. The van der Waals surface area contributed by atoms with E-state index in [1.165, 1.54) is 0 Å². The average molecular weight is 339 g/mol. The monoisotopic (exact) mass is 339 g/mol. The van der Waals surface area contributed by atoms with Gasteiger partial charge in [0, 0.05) is 22.5 Å². The summed E-state index contributed by atoms with van der Waals surface area (Å²) in [5, 5.41) is 8.81. The number of hydrogen-bond acceptors (Lipinski definition) is 3. The van der Waals surface area contributed by atoms with Crippen molar-refractivity contribution < 1.29 is 9.59 Å². The van der Waals surface area contributed by atoms with Crippen LogP contribution in [0.15, 0.2) is 48.5 Å². The Balaban J connectivity index is 1.93. The first kappa shape index (κ1) is 18.5. The van der Waals surface area contributed by atoms with Crippen LogP contribution in [0, 0.1) is 6.92 Å². The van der Waals surface area contributed by atoms with Gasteiger partial charge in [0.2, 0.25) is 5.91 Å². The maximum atomic E-state index is 12.2. The van der Waals surface area contributed by atoms with Crippen molar-refractivity contribution in [2.75, 3.05) is 17.2 Å². The topological polar surface area (TPSA) is 70.2 Å². The summed E-state index contributed by atoms with van der Waals surface area (Å²) in [4.78, 5) is 24.3. The molecular weight excluding hydrogens is 314 g/mol. The normalized spacial score (nSPS) is 10.9. The minimum Gasteiger partial charge on any atom is -0.376 e. The molecule has 0 aliphatic rings. The number of anilines is 2. The van der Waals surface area contributed by atoms with E-state index >= 15 is 0 Å². The summed E-state index contributed by atoms with van der Waals surface area (Å²) in [7, 11) is 0. The zero-order chi connectivity index (χ0) is 18.4. The van der Waals surface area contributed by atoms with Gasteiger partial charge < -0.3 is 16.0 Å². The lowest BCUT2D eigenvalue weighted by molar-refractivity contribution is -0.114. The zero-order valence-electron chi connectivity index (χ0n) is 15.1. The molecular formula is C20H25N3O2. The van der Waals surface area contributed by atoms with Crippen molar-refractivity contribution in [2.45, 2.75) is 33.2 Å². The van der Waals surface area contributed by atoms with Crippen LogP contribution in [-0.2, 0) is 4.79 Å². The molecule has 132 valence electrons. The van der Waals surface area contributed by atoms with Crippen molar-refractivity contribution in [3.8, 4) is 0 Å². The molecule has 2 aromatic carbocycles. The largest absolute Gasteiger partial charge is 0.376 e. The number of carbonyl (C=O) groups is 2. The third kappa shape index (κ3) is 6.30. The number of rotatable bonds is 5.